The molecule has 0 N–H and O–H groups in total. The van der Waals surface area contributed by atoms with Crippen LogP contribution >= 0.6 is 27.3 Å². The fraction of sp³-hybridized carbons (Fsp3) is 0.630. The lowest BCUT2D eigenvalue weighted by atomic mass is 10.3. The minimum absolute atomic E-state index is 0. The number of carbonyl (C=O) groups excluding carboxylic acids is 3. The van der Waals surface area contributed by atoms with E-state index >= 15 is 0 Å². The average Bonchev–Trinajstić information content (AvgIpc) is 3.71. The Morgan fingerprint density at radius 2 is 1.28 bits per heavy atom. The highest BCUT2D eigenvalue weighted by Crippen LogP contribution is 2.29. The van der Waals surface area contributed by atoms with Crippen molar-refractivity contribution in [1.82, 2.24) is 0 Å². The van der Waals surface area contributed by atoms with Crippen molar-refractivity contribution < 1.29 is 75.1 Å². The molecule has 3 aromatic rings. The van der Waals surface area contributed by atoms with Crippen LogP contribution in [-0.4, -0.2) is 129 Å². The molecule has 0 unspecified atom stereocenters. The van der Waals surface area contributed by atoms with Gasteiger partial charge in [0.2, 0.25) is 0 Å². The van der Waals surface area contributed by atoms with E-state index in [4.69, 9.17) is 19.3 Å². The molecule has 4 rings (SSSR count). The van der Waals surface area contributed by atoms with Gasteiger partial charge in [0.25, 0.3) is 20.2 Å². The maximum atomic E-state index is 12.3. The monoisotopic (exact) mass is 1190 g/mol. The second kappa shape index (κ2) is 59.4. The van der Waals surface area contributed by atoms with Gasteiger partial charge in [-0.3, -0.25) is 41.5 Å². The van der Waals surface area contributed by atoms with Gasteiger partial charge in [-0.25, -0.2) is 12.8 Å². The van der Waals surface area contributed by atoms with E-state index in [9.17, 15) is 52.6 Å². The van der Waals surface area contributed by atoms with Crippen molar-refractivity contribution in [1.29, 1.82) is 0 Å². The van der Waals surface area contributed by atoms with Crippen molar-refractivity contribution in [2.75, 3.05) is 77.8 Å². The molecule has 0 spiro atoms. The van der Waals surface area contributed by atoms with Gasteiger partial charge in [-0.1, -0.05) is 71.0 Å². The maximum Gasteiger partial charge on any atom is 0.296 e. The zero-order valence-corrected chi connectivity index (χ0v) is 49.7. The number of hydrogen-bond donors (Lipinski definition) is 0. The number of halogens is 3. The van der Waals surface area contributed by atoms with Crippen molar-refractivity contribution in [3.8, 4) is 0 Å². The lowest BCUT2D eigenvalue weighted by Gasteiger charge is -1.99. The summed E-state index contributed by atoms with van der Waals surface area (Å²) in [6.45, 7) is 17.4. The minimum atomic E-state index is -3.68. The molecule has 422 valence electrons. The van der Waals surface area contributed by atoms with Gasteiger partial charge in [0.05, 0.1) is 43.2 Å². The van der Waals surface area contributed by atoms with Crippen LogP contribution in [-0.2, 0) is 58.8 Å². The number of furan rings is 1. The second-order valence-corrected chi connectivity index (χ2v) is 21.1. The number of carbonyl (C=O) groups is 3. The van der Waals surface area contributed by atoms with Gasteiger partial charge in [0.1, 0.15) is 21.4 Å². The second-order valence-electron chi connectivity index (χ2n) is 12.8. The van der Waals surface area contributed by atoms with Crippen LogP contribution in [0, 0.1) is 21.8 Å². The smallest absolute Gasteiger partial charge is 0.296 e. The average molecular weight is 1190 g/mol. The highest BCUT2D eigenvalue weighted by atomic mass is 79.9. The zero-order valence-electron chi connectivity index (χ0n) is 44.1. The first-order chi connectivity index (χ1) is 32.6. The minimum Gasteiger partial charge on any atom is -0.461 e. The van der Waals surface area contributed by atoms with Crippen LogP contribution < -0.4 is 0 Å². The number of nitrogens with zero attached hydrogens (tertiary/aromatic N) is 1. The number of ether oxygens (including phenoxy) is 1. The number of rotatable bonds is 14. The van der Waals surface area contributed by atoms with Crippen molar-refractivity contribution in [2.24, 2.45) is 5.92 Å². The summed E-state index contributed by atoms with van der Waals surface area (Å²) in [4.78, 5) is 40.2. The molecule has 2 aromatic heterocycles. The molecule has 1 aromatic carbocycles. The van der Waals surface area contributed by atoms with Gasteiger partial charge in [0, 0.05) is 66.3 Å². The largest absolute Gasteiger partial charge is 0.461 e. The molecule has 71 heavy (non-hydrogen) atoms. The topological polar surface area (TPSA) is 255 Å². The van der Waals surface area contributed by atoms with Gasteiger partial charge in [-0.2, -0.15) is 16.8 Å². The molecule has 17 nitrogen and oxygen atoms in total. The number of ketones is 3. The van der Waals surface area contributed by atoms with E-state index < -0.39 is 51.6 Å². The number of alkyl halides is 2. The Morgan fingerprint density at radius 1 is 0.817 bits per heavy atom. The molecule has 1 aliphatic rings. The maximum absolute atomic E-state index is 12.3. The Kier molecular flexibility index (Phi) is 73.2. The molecule has 0 radical (unpaired) electrons. The first kappa shape index (κ1) is 87.5. The molecule has 1 aliphatic carbocycles. The number of sulfone groups is 1. The van der Waals surface area contributed by atoms with E-state index in [1.807, 2.05) is 51.0 Å². The molecule has 1 atom stereocenters. The van der Waals surface area contributed by atoms with Gasteiger partial charge in [-0.05, 0) is 106 Å². The van der Waals surface area contributed by atoms with Crippen molar-refractivity contribution in [3.63, 3.8) is 0 Å². The first-order valence-electron chi connectivity index (χ1n) is 21.3. The Bertz CT molecular complexity index is 1950. The molecule has 0 amide bonds. The fourth-order valence-corrected chi connectivity index (χ4v) is 6.61. The molecular weight excluding hydrogens is 1100 g/mol. The highest BCUT2D eigenvalue weighted by Gasteiger charge is 2.25. The summed E-state index contributed by atoms with van der Waals surface area (Å²) in [5.74, 6) is 3.98. The van der Waals surface area contributed by atoms with Gasteiger partial charge in [0.15, 0.2) is 24.4 Å². The van der Waals surface area contributed by atoms with Crippen LogP contribution in [0.25, 0.3) is 0 Å². The summed E-state index contributed by atoms with van der Waals surface area (Å²) in [6.07, 6.45) is 10.2. The van der Waals surface area contributed by atoms with Crippen LogP contribution in [0.5, 0.6) is 0 Å². The van der Waals surface area contributed by atoms with Crippen LogP contribution in [0.1, 0.15) is 128 Å². The third-order valence-electron chi connectivity index (χ3n) is 6.39. The van der Waals surface area contributed by atoms with E-state index in [1.54, 1.807) is 46.3 Å². The quantitative estimate of drug-likeness (QED) is 0.0478. The van der Waals surface area contributed by atoms with Crippen molar-refractivity contribution in [3.05, 3.63) is 86.7 Å². The van der Waals surface area contributed by atoms with Crippen molar-refractivity contribution >= 4 is 85.5 Å². The normalized spacial score (nSPS) is 10.6. The molecule has 1 saturated carbocycles. The summed E-state index contributed by atoms with van der Waals surface area (Å²) < 4.78 is 113. The predicted molar refractivity (Wildman–Crippen MR) is 292 cm³/mol. The molecule has 2 heterocycles. The number of nitro groups is 1. The molecule has 0 bridgehead atoms. The molecule has 0 aliphatic heterocycles. The zero-order chi connectivity index (χ0) is 57.0. The van der Waals surface area contributed by atoms with Crippen LogP contribution in [0.4, 0.5) is 8.78 Å². The molecule has 0 saturated heterocycles. The van der Waals surface area contributed by atoms with Gasteiger partial charge < -0.3 is 9.15 Å². The van der Waals surface area contributed by atoms with Crippen LogP contribution in [0.15, 0.2) is 69.5 Å². The predicted octanol–water partition coefficient (Wildman–Crippen LogP) is 11.4. The number of hydrogen-bond acceptors (Lipinski definition) is 17. The summed E-state index contributed by atoms with van der Waals surface area (Å²) in [5.41, 5.74) is 0. The summed E-state index contributed by atoms with van der Waals surface area (Å²) in [5, 5.41) is 10.7. The Labute approximate surface area is 441 Å². The van der Waals surface area contributed by atoms with Gasteiger partial charge >= 0.3 is 0 Å². The van der Waals surface area contributed by atoms with E-state index in [0.29, 0.717) is 36.8 Å². The molecule has 25 heteroatoms. The lowest BCUT2D eigenvalue weighted by molar-refractivity contribution is -0.445. The number of Topliss-reactive ketones (excluding diaryl/α,β-unsaturated/α-hetero) is 3. The first-order valence-corrected chi connectivity index (χ1v) is 30.6. The lowest BCUT2D eigenvalue weighted by Crippen LogP contribution is -2.05. The van der Waals surface area contributed by atoms with Crippen LogP contribution in [0.3, 0.4) is 0 Å². The Hall–Kier alpha value is -3.17. The highest BCUT2D eigenvalue weighted by molar-refractivity contribution is 9.08. The third-order valence-corrected chi connectivity index (χ3v) is 12.2. The molecular formula is C46H86BrF2NO16S5. The fourth-order valence-electron chi connectivity index (χ4n) is 3.34. The van der Waals surface area contributed by atoms with E-state index in [-0.39, 0.29) is 29.6 Å². The van der Waals surface area contributed by atoms with E-state index in [2.05, 4.69) is 31.2 Å². The summed E-state index contributed by atoms with van der Waals surface area (Å²) in [6, 6.07) is 11.5. The standard InChI is InChI=1S/C7H7FO3S.C6H6O2.C6H6OS.C5H8O.C4H10O3S.C4H10O2S.C4H10OS.C4H10O.C2H6.CH3Br.CH3F.CH3NO2.CH4/c1-11-12(9,10)7-4-2-6(8)3-5-7;2*1-5(7)6-3-2-4-8-6;1-4(6)5-2-3-5;1-3-4-8(5,6)7-2;1-3-4-7(2,5)6;1-3-4-6(2)5;1-3-4-5-2;3*1-2;1-2(3)4;/h2-5H,1H3;2*2-4H,1H3;5H,2-3H2,1H3;3-4H2,1-2H3;3-4H2,1-2H3;3-4H2,1-2H3;3-4H2,1-2H3;1-2H3;2*1H3;1H3;1H4/t;;;;;;6-;;;;;;/m......1....../s1. The molecule has 1 fully saturated rings. The summed E-state index contributed by atoms with van der Waals surface area (Å²) in [7, 11) is -4.76. The summed E-state index contributed by atoms with van der Waals surface area (Å²) >= 11 is 4.42. The Morgan fingerprint density at radius 3 is 1.42 bits per heavy atom. The van der Waals surface area contributed by atoms with Crippen LogP contribution in [0.2, 0.25) is 0 Å². The number of benzene rings is 1. The van der Waals surface area contributed by atoms with Crippen molar-refractivity contribution in [2.45, 2.75) is 113 Å². The number of methoxy groups -OCH3 is 1. The van der Waals surface area contributed by atoms with E-state index in [1.165, 1.54) is 37.9 Å². The third kappa shape index (κ3) is 75.9. The Balaban J connectivity index is -0.0000000868. The van der Waals surface area contributed by atoms with Gasteiger partial charge in [-0.15, -0.1) is 11.3 Å². The SMILES string of the molecule is C.CBr.CC.CC(=O)C1CC1.CC(=O)c1ccco1.CC(=O)c1cccs1.CCCOC.CCCS(=O)(=O)OC.CCCS(C)(=O)=O.CCC[S@@](C)=O.CF.COS(=O)(=O)c1ccc(F)cc1.C[N+](=O)[O-]. The van der Waals surface area contributed by atoms with E-state index in [0.717, 1.165) is 87.8 Å². The number of thiophene rings is 1.